The first-order chi connectivity index (χ1) is 9.99. The third kappa shape index (κ3) is 3.50. The number of carboxylic acid groups (broad SMARTS) is 1. The Hall–Kier alpha value is -2.57. The summed E-state index contributed by atoms with van der Waals surface area (Å²) >= 11 is 0. The third-order valence-electron chi connectivity index (χ3n) is 3.25. The molecule has 2 N–H and O–H groups in total. The van der Waals surface area contributed by atoms with Crippen molar-refractivity contribution in [3.63, 3.8) is 0 Å². The van der Waals surface area contributed by atoms with Gasteiger partial charge in [-0.3, -0.25) is 4.79 Å². The van der Waals surface area contributed by atoms with Gasteiger partial charge < -0.3 is 15.3 Å². The molecular formula is C14H18N4O3. The van der Waals surface area contributed by atoms with E-state index in [4.69, 9.17) is 5.11 Å². The van der Waals surface area contributed by atoms with Crippen LogP contribution in [0, 0.1) is 5.92 Å². The van der Waals surface area contributed by atoms with Gasteiger partial charge in [0.2, 0.25) is 0 Å². The van der Waals surface area contributed by atoms with Crippen LogP contribution >= 0.6 is 0 Å². The number of amides is 2. The van der Waals surface area contributed by atoms with Crippen LogP contribution in [0.4, 0.5) is 4.79 Å². The summed E-state index contributed by atoms with van der Waals surface area (Å²) in [7, 11) is 1.57. The number of carbonyl (C=O) groups excluding carboxylic acids is 1. The zero-order chi connectivity index (χ0) is 15.4. The molecule has 0 radical (unpaired) electrons. The van der Waals surface area contributed by atoms with E-state index in [0.29, 0.717) is 6.54 Å². The van der Waals surface area contributed by atoms with Gasteiger partial charge in [-0.25, -0.2) is 9.31 Å². The van der Waals surface area contributed by atoms with E-state index in [2.05, 4.69) is 10.4 Å². The molecule has 0 aliphatic rings. The normalized spacial score (nSPS) is 12.1. The van der Waals surface area contributed by atoms with Crippen LogP contribution in [-0.4, -0.2) is 45.2 Å². The highest BCUT2D eigenvalue weighted by Crippen LogP contribution is 2.09. The van der Waals surface area contributed by atoms with Crippen molar-refractivity contribution in [3.05, 3.63) is 36.2 Å². The average molecular weight is 290 g/mol. The number of rotatable bonds is 5. The van der Waals surface area contributed by atoms with Gasteiger partial charge in [-0.2, -0.15) is 5.10 Å². The van der Waals surface area contributed by atoms with Crippen LogP contribution in [0.5, 0.6) is 0 Å². The van der Waals surface area contributed by atoms with E-state index in [1.54, 1.807) is 24.7 Å². The van der Waals surface area contributed by atoms with Crippen molar-refractivity contribution in [2.24, 2.45) is 5.92 Å². The molecule has 0 bridgehead atoms. The Bertz CT molecular complexity index is 652. The topological polar surface area (TPSA) is 86.9 Å². The first-order valence-electron chi connectivity index (χ1n) is 6.62. The second kappa shape index (κ2) is 6.25. The van der Waals surface area contributed by atoms with E-state index in [1.807, 2.05) is 24.4 Å². The number of aliphatic carboxylic acids is 1. The fraction of sp³-hybridized carbons (Fsp3) is 0.357. The van der Waals surface area contributed by atoms with Crippen LogP contribution in [-0.2, 0) is 11.3 Å². The molecular weight excluding hydrogens is 272 g/mol. The lowest BCUT2D eigenvalue weighted by Crippen LogP contribution is -2.40. The minimum Gasteiger partial charge on any atom is -0.481 e. The maximum absolute atomic E-state index is 11.9. The fourth-order valence-electron chi connectivity index (χ4n) is 2.00. The first kappa shape index (κ1) is 14.8. The van der Waals surface area contributed by atoms with Crippen LogP contribution < -0.4 is 5.32 Å². The quantitative estimate of drug-likeness (QED) is 0.866. The van der Waals surface area contributed by atoms with Gasteiger partial charge in [-0.05, 0) is 12.1 Å². The molecule has 0 aliphatic heterocycles. The van der Waals surface area contributed by atoms with Crippen molar-refractivity contribution in [1.82, 2.24) is 19.8 Å². The summed E-state index contributed by atoms with van der Waals surface area (Å²) in [5, 5.41) is 15.8. The number of carbonyl (C=O) groups is 2. The highest BCUT2D eigenvalue weighted by Gasteiger charge is 2.17. The summed E-state index contributed by atoms with van der Waals surface area (Å²) in [6.07, 6.45) is 3.54. The maximum atomic E-state index is 11.9. The van der Waals surface area contributed by atoms with Crippen LogP contribution in [0.15, 0.2) is 30.6 Å². The minimum atomic E-state index is -0.919. The SMILES string of the molecule is CC(CN(C)C(=O)NCc1cnn2ccccc12)C(=O)O. The predicted molar refractivity (Wildman–Crippen MR) is 76.9 cm³/mol. The minimum absolute atomic E-state index is 0.163. The number of hydrogen-bond donors (Lipinski definition) is 2. The highest BCUT2D eigenvalue weighted by molar-refractivity contribution is 5.76. The van der Waals surface area contributed by atoms with Crippen LogP contribution in [0.3, 0.4) is 0 Å². The number of hydrogen-bond acceptors (Lipinski definition) is 3. The summed E-state index contributed by atoms with van der Waals surface area (Å²) in [5.74, 6) is -1.52. The van der Waals surface area contributed by atoms with Gasteiger partial charge in [-0.1, -0.05) is 13.0 Å². The number of nitrogens with one attached hydrogen (secondary N) is 1. The molecule has 112 valence electrons. The van der Waals surface area contributed by atoms with Gasteiger partial charge in [-0.15, -0.1) is 0 Å². The molecule has 2 aromatic rings. The lowest BCUT2D eigenvalue weighted by molar-refractivity contribution is -0.141. The van der Waals surface area contributed by atoms with Gasteiger partial charge >= 0.3 is 12.0 Å². The molecule has 0 spiro atoms. The first-order valence-corrected chi connectivity index (χ1v) is 6.62. The lowest BCUT2D eigenvalue weighted by Gasteiger charge is -2.19. The Balaban J connectivity index is 1.93. The summed E-state index contributed by atoms with van der Waals surface area (Å²) in [4.78, 5) is 24.1. The summed E-state index contributed by atoms with van der Waals surface area (Å²) in [5.41, 5.74) is 1.84. The summed E-state index contributed by atoms with van der Waals surface area (Å²) in [6.45, 7) is 2.07. The van der Waals surface area contributed by atoms with E-state index in [1.165, 1.54) is 4.90 Å². The van der Waals surface area contributed by atoms with Crippen LogP contribution in [0.2, 0.25) is 0 Å². The number of aromatic nitrogens is 2. The van der Waals surface area contributed by atoms with Gasteiger partial charge in [0.1, 0.15) is 0 Å². The number of fused-ring (bicyclic) bond motifs is 1. The number of urea groups is 1. The molecule has 21 heavy (non-hydrogen) atoms. The Kier molecular flexibility index (Phi) is 4.42. The molecule has 0 saturated carbocycles. The number of carboxylic acids is 1. The largest absolute Gasteiger partial charge is 0.481 e. The van der Waals surface area contributed by atoms with Crippen LogP contribution in [0.1, 0.15) is 12.5 Å². The second-order valence-electron chi connectivity index (χ2n) is 4.98. The van der Waals surface area contributed by atoms with Gasteiger partial charge in [0.25, 0.3) is 0 Å². The Morgan fingerprint density at radius 2 is 2.24 bits per heavy atom. The van der Waals surface area contributed by atoms with E-state index < -0.39 is 11.9 Å². The zero-order valence-electron chi connectivity index (χ0n) is 12.0. The Morgan fingerprint density at radius 1 is 1.48 bits per heavy atom. The summed E-state index contributed by atoms with van der Waals surface area (Å²) in [6, 6.07) is 5.40. The maximum Gasteiger partial charge on any atom is 0.317 e. The lowest BCUT2D eigenvalue weighted by atomic mass is 10.2. The molecule has 0 saturated heterocycles. The van der Waals surface area contributed by atoms with Crippen LogP contribution in [0.25, 0.3) is 5.52 Å². The number of pyridine rings is 1. The van der Waals surface area contributed by atoms with Gasteiger partial charge in [0, 0.05) is 31.9 Å². The smallest absolute Gasteiger partial charge is 0.317 e. The molecule has 0 aliphatic carbocycles. The average Bonchev–Trinajstić information content (AvgIpc) is 2.87. The fourth-order valence-corrected chi connectivity index (χ4v) is 2.00. The molecule has 0 fully saturated rings. The van der Waals surface area contributed by atoms with Crippen molar-refractivity contribution >= 4 is 17.5 Å². The highest BCUT2D eigenvalue weighted by atomic mass is 16.4. The molecule has 2 aromatic heterocycles. The van der Waals surface area contributed by atoms with E-state index >= 15 is 0 Å². The third-order valence-corrected chi connectivity index (χ3v) is 3.25. The Morgan fingerprint density at radius 3 is 2.95 bits per heavy atom. The van der Waals surface area contributed by atoms with Crippen molar-refractivity contribution in [2.45, 2.75) is 13.5 Å². The molecule has 0 aromatic carbocycles. The monoisotopic (exact) mass is 290 g/mol. The van der Waals surface area contributed by atoms with Gasteiger partial charge in [0.15, 0.2) is 0 Å². The molecule has 7 nitrogen and oxygen atoms in total. The Labute approximate surface area is 122 Å². The zero-order valence-corrected chi connectivity index (χ0v) is 12.0. The van der Waals surface area contributed by atoms with E-state index in [-0.39, 0.29) is 12.6 Å². The molecule has 2 amide bonds. The van der Waals surface area contributed by atoms with Crippen molar-refractivity contribution < 1.29 is 14.7 Å². The van der Waals surface area contributed by atoms with Crippen molar-refractivity contribution in [2.75, 3.05) is 13.6 Å². The van der Waals surface area contributed by atoms with Gasteiger partial charge in [0.05, 0.1) is 17.6 Å². The molecule has 1 unspecified atom stereocenters. The van der Waals surface area contributed by atoms with Crippen molar-refractivity contribution in [3.8, 4) is 0 Å². The van der Waals surface area contributed by atoms with E-state index in [0.717, 1.165) is 11.1 Å². The van der Waals surface area contributed by atoms with E-state index in [9.17, 15) is 9.59 Å². The predicted octanol–water partition coefficient (Wildman–Crippen LogP) is 1.20. The summed E-state index contributed by atoms with van der Waals surface area (Å²) < 4.78 is 1.73. The van der Waals surface area contributed by atoms with Crippen molar-refractivity contribution in [1.29, 1.82) is 0 Å². The standard InChI is InChI=1S/C14H18N4O3/c1-10(13(19)20)9-17(2)14(21)15-7-11-8-16-18-6-4-3-5-12(11)18/h3-6,8,10H,7,9H2,1-2H3,(H,15,21)(H,19,20). The number of nitrogens with zero attached hydrogens (tertiary/aromatic N) is 3. The molecule has 1 atom stereocenters. The molecule has 2 rings (SSSR count). The second-order valence-corrected chi connectivity index (χ2v) is 4.98. The molecule has 7 heteroatoms. The molecule has 2 heterocycles.